The molecule has 0 radical (unpaired) electrons. The number of carbonyl (C=O) groups is 2. The van der Waals surface area contributed by atoms with E-state index in [-0.39, 0.29) is 53.9 Å². The number of hydrogen-bond donors (Lipinski definition) is 3. The van der Waals surface area contributed by atoms with Crippen LogP contribution >= 0.6 is 0 Å². The van der Waals surface area contributed by atoms with Crippen molar-refractivity contribution in [2.24, 2.45) is 0 Å². The second kappa shape index (κ2) is 23.3. The average Bonchev–Trinajstić information content (AvgIpc) is 2.91. The Morgan fingerprint density at radius 1 is 1.18 bits per heavy atom. The molecule has 0 aliphatic carbocycles. The van der Waals surface area contributed by atoms with Crippen molar-refractivity contribution in [2.75, 3.05) is 0 Å². The summed E-state index contributed by atoms with van der Waals surface area (Å²) in [5, 5.41) is 16.6. The molecule has 3 N–H and O–H groups in total. The second-order valence-electron chi connectivity index (χ2n) is 7.69. The van der Waals surface area contributed by atoms with Crippen LogP contribution in [0.25, 0.3) is 0 Å². The van der Waals surface area contributed by atoms with Crippen molar-refractivity contribution in [3.8, 4) is 5.75 Å². The standard InChI is InChI=1S/C24H32N4O6.2C2H6.U/c1-8-10-13-25-21(15(3)4)23(29)26-22(16(5)9-2)27-24(30)34-17(6)19-14-18(33-7)11-12-20(19)28(31)32;2*1-2;/h12-14,17H,7-10H2,1-6H3,(H,26,29)(H,27,30);2*1-2H3;/q-2;;;+2/p+1. The molecule has 0 spiro atoms. The summed E-state index contributed by atoms with van der Waals surface area (Å²) in [5.41, 5.74) is 1.68. The van der Waals surface area contributed by atoms with Gasteiger partial charge in [0.15, 0.2) is 5.69 Å². The van der Waals surface area contributed by atoms with Crippen LogP contribution in [0.4, 0.5) is 10.5 Å². The molecule has 10 nitrogen and oxygen atoms in total. The number of hydrogen-bond acceptors (Lipinski definition) is 6. The summed E-state index contributed by atoms with van der Waals surface area (Å²) in [4.78, 5) is 39.2. The largest absolute Gasteiger partial charge is 2.00 e. The fourth-order valence-electron chi connectivity index (χ4n) is 2.76. The van der Waals surface area contributed by atoms with Crippen LogP contribution in [0.15, 0.2) is 34.8 Å². The predicted molar refractivity (Wildman–Crippen MR) is 150 cm³/mol. The van der Waals surface area contributed by atoms with E-state index in [4.69, 9.17) is 9.47 Å². The maximum absolute atomic E-state index is 12.8. The number of nitro groups is 1. The molecular weight excluding hydrogens is 726 g/mol. The van der Waals surface area contributed by atoms with Gasteiger partial charge in [-0.2, -0.15) is 7.11 Å². The number of nitrogens with one attached hydrogen (secondary N) is 3. The molecule has 0 fully saturated rings. The maximum Gasteiger partial charge on any atom is 2.00 e. The van der Waals surface area contributed by atoms with E-state index in [0.717, 1.165) is 24.5 Å². The zero-order valence-corrected chi connectivity index (χ0v) is 29.2. The summed E-state index contributed by atoms with van der Waals surface area (Å²) in [6.07, 6.45) is 2.18. The van der Waals surface area contributed by atoms with Gasteiger partial charge in [0.2, 0.25) is 0 Å². The van der Waals surface area contributed by atoms with Gasteiger partial charge in [0.25, 0.3) is 5.70 Å². The first-order chi connectivity index (χ1) is 18.0. The number of ether oxygens (including phenoxy) is 2. The van der Waals surface area contributed by atoms with Crippen LogP contribution in [0.3, 0.4) is 0 Å². The average molecular weight is 772 g/mol. The van der Waals surface area contributed by atoms with Crippen LogP contribution < -0.4 is 20.4 Å². The molecule has 1 atom stereocenters. The van der Waals surface area contributed by atoms with Crippen molar-refractivity contribution >= 4 is 23.9 Å². The molecule has 0 heterocycles. The number of nitro benzene ring substituents is 1. The van der Waals surface area contributed by atoms with Gasteiger partial charge in [-0.3, -0.25) is 20.2 Å². The van der Waals surface area contributed by atoms with Crippen LogP contribution in [0, 0.1) is 54.4 Å². The van der Waals surface area contributed by atoms with Crippen LogP contribution in [0.1, 0.15) is 100 Å². The van der Waals surface area contributed by atoms with E-state index in [9.17, 15) is 19.7 Å². The number of nitrogens with zero attached hydrogens (tertiary/aromatic N) is 1. The van der Waals surface area contributed by atoms with E-state index in [1.165, 1.54) is 13.0 Å². The molecule has 216 valence electrons. The molecule has 0 aromatic heterocycles. The minimum atomic E-state index is -0.999. The first-order valence-corrected chi connectivity index (χ1v) is 12.9. The van der Waals surface area contributed by atoms with Crippen molar-refractivity contribution in [1.29, 1.82) is 0 Å². The van der Waals surface area contributed by atoms with Gasteiger partial charge in [0.1, 0.15) is 18.1 Å². The van der Waals surface area contributed by atoms with Crippen molar-refractivity contribution in [1.82, 2.24) is 10.6 Å². The molecule has 0 aliphatic heterocycles. The number of alkyl carbamates (subject to hydrolysis) is 1. The molecule has 0 aliphatic rings. The summed E-state index contributed by atoms with van der Waals surface area (Å²) < 4.78 is 10.2. The Hall–Kier alpha value is -2.64. The maximum atomic E-state index is 12.8. The molecule has 1 unspecified atom stereocenters. The summed E-state index contributed by atoms with van der Waals surface area (Å²) in [5.74, 6) is -0.0823. The molecule has 1 aromatic carbocycles. The van der Waals surface area contributed by atoms with E-state index in [1.807, 2.05) is 41.5 Å². The molecule has 0 bridgehead atoms. The van der Waals surface area contributed by atoms with E-state index in [2.05, 4.69) is 28.8 Å². The van der Waals surface area contributed by atoms with Gasteiger partial charge in [0, 0.05) is 16.9 Å². The van der Waals surface area contributed by atoms with Crippen molar-refractivity contribution in [3.05, 3.63) is 63.7 Å². The molecule has 0 saturated carbocycles. The first-order valence-electron chi connectivity index (χ1n) is 12.9. The zero-order chi connectivity index (χ0) is 29.8. The minimum absolute atomic E-state index is 0. The van der Waals surface area contributed by atoms with Crippen LogP contribution in [0.5, 0.6) is 5.75 Å². The number of unbranched alkanes of at least 4 members (excludes halogenated alkanes) is 1. The summed E-state index contributed by atoms with van der Waals surface area (Å²) in [6.45, 7) is 18.7. The Morgan fingerprint density at radius 3 is 2.23 bits per heavy atom. The van der Waals surface area contributed by atoms with E-state index in [0.29, 0.717) is 17.7 Å². The SMILES string of the molecule is CC.CC.[CH2-]Oc1[c-]cc([N+](=O)[O-])c(C(C)OC(=O)NC(NC(=O)C([NH+]=CCCC)=C(C)C)=C(C)CC)c1.[U+2]. The van der Waals surface area contributed by atoms with Gasteiger partial charge in [-0.05, 0) is 57.4 Å². The van der Waals surface area contributed by atoms with Crippen LogP contribution in [-0.4, -0.2) is 23.1 Å². The fourth-order valence-corrected chi connectivity index (χ4v) is 2.76. The smallest absolute Gasteiger partial charge is 0.683 e. The normalized spacial score (nSPS) is 11.2. The number of rotatable bonds is 11. The number of allylic oxidation sites excluding steroid dienone is 2. The quantitative estimate of drug-likeness (QED) is 0.0907. The summed E-state index contributed by atoms with van der Waals surface area (Å²) in [6, 6.07) is 5.04. The van der Waals surface area contributed by atoms with E-state index in [1.54, 1.807) is 27.0 Å². The van der Waals surface area contributed by atoms with E-state index >= 15 is 0 Å². The monoisotopic (exact) mass is 771 g/mol. The Morgan fingerprint density at radius 2 is 1.77 bits per heavy atom. The summed E-state index contributed by atoms with van der Waals surface area (Å²) in [7, 11) is 3.26. The topological polar surface area (TPSA) is 134 Å². The molecule has 1 aromatic rings. The van der Waals surface area contributed by atoms with Crippen molar-refractivity contribution < 1.29 is 60.1 Å². The third-order valence-corrected chi connectivity index (χ3v) is 4.84. The van der Waals surface area contributed by atoms with Gasteiger partial charge in [0.05, 0.1) is 0 Å². The fraction of sp³-hybridized carbons (Fsp3) is 0.500. The number of benzene rings is 1. The van der Waals surface area contributed by atoms with Crippen LogP contribution in [-0.2, 0) is 9.53 Å². The number of amides is 2. The van der Waals surface area contributed by atoms with Gasteiger partial charge in [-0.25, -0.2) is 9.79 Å². The number of carbonyl (C=O) groups excluding carboxylic acids is 2. The molecular formula is C28H45N4O6U+. The minimum Gasteiger partial charge on any atom is -0.683 e. The molecule has 39 heavy (non-hydrogen) atoms. The Labute approximate surface area is 257 Å². The molecule has 0 saturated heterocycles. The second-order valence-corrected chi connectivity index (χ2v) is 7.69. The first kappa shape index (κ1) is 40.9. The predicted octanol–water partition coefficient (Wildman–Crippen LogP) is 5.41. The van der Waals surface area contributed by atoms with Gasteiger partial charge < -0.3 is 14.8 Å². The third-order valence-electron chi connectivity index (χ3n) is 4.84. The van der Waals surface area contributed by atoms with Gasteiger partial charge in [-0.15, -0.1) is 12.1 Å². The summed E-state index contributed by atoms with van der Waals surface area (Å²) >= 11 is 0. The molecule has 1 rings (SSSR count). The van der Waals surface area contributed by atoms with Gasteiger partial charge >= 0.3 is 43.1 Å². The zero-order valence-electron chi connectivity index (χ0n) is 25.0. The van der Waals surface area contributed by atoms with Crippen molar-refractivity contribution in [3.63, 3.8) is 0 Å². The Balaban J connectivity index is -0.00000247. The Kier molecular flexibility index (Phi) is 24.4. The van der Waals surface area contributed by atoms with E-state index < -0.39 is 23.0 Å². The Bertz CT molecular complexity index is 1000. The van der Waals surface area contributed by atoms with Crippen molar-refractivity contribution in [2.45, 2.75) is 94.6 Å². The molecule has 2 amide bonds. The van der Waals surface area contributed by atoms with Crippen LogP contribution in [0.2, 0.25) is 0 Å². The third kappa shape index (κ3) is 14.9. The van der Waals surface area contributed by atoms with Gasteiger partial charge in [-0.1, -0.05) is 47.6 Å². The molecule has 11 heteroatoms.